The molecule has 0 N–H and O–H groups in total. The van der Waals surface area contributed by atoms with Crippen molar-refractivity contribution in [2.24, 2.45) is 11.3 Å². The maximum atomic E-state index is 5.32. The largest absolute Gasteiger partial charge is 0.373 e. The zero-order valence-corrected chi connectivity index (χ0v) is 7.01. The van der Waals surface area contributed by atoms with Crippen molar-refractivity contribution in [2.75, 3.05) is 6.61 Å². The van der Waals surface area contributed by atoms with E-state index < -0.39 is 0 Å². The van der Waals surface area contributed by atoms with E-state index in [9.17, 15) is 0 Å². The minimum absolute atomic E-state index is 0.673. The number of hydrogen-bond donors (Lipinski definition) is 0. The number of hydrogen-bond acceptors (Lipinski definition) is 1. The van der Waals surface area contributed by atoms with Crippen LogP contribution in [0.3, 0.4) is 0 Å². The van der Waals surface area contributed by atoms with E-state index in [-0.39, 0.29) is 0 Å². The normalized spacial score (nSPS) is 53.5. The van der Waals surface area contributed by atoms with Crippen LogP contribution in [0.4, 0.5) is 0 Å². The van der Waals surface area contributed by atoms with Gasteiger partial charge in [0.25, 0.3) is 0 Å². The molecule has 1 aliphatic heterocycles. The maximum Gasteiger partial charge on any atom is 0.0815 e. The summed E-state index contributed by atoms with van der Waals surface area (Å²) in [6.07, 6.45) is 9.66. The highest BCUT2D eigenvalue weighted by atomic mass is 16.6. The van der Waals surface area contributed by atoms with Gasteiger partial charge in [-0.05, 0) is 49.9 Å². The molecule has 3 aliphatic rings. The lowest BCUT2D eigenvalue weighted by molar-refractivity contribution is 0.234. The monoisotopic (exact) mass is 152 g/mol. The van der Waals surface area contributed by atoms with E-state index >= 15 is 0 Å². The van der Waals surface area contributed by atoms with Crippen LogP contribution in [0, 0.1) is 11.3 Å². The number of epoxide rings is 1. The molecule has 0 aromatic carbocycles. The van der Waals surface area contributed by atoms with Gasteiger partial charge in [0.2, 0.25) is 0 Å². The molecule has 1 heterocycles. The SMILES string of the molecule is C1CC2(CC3CO3)CCC1C2. The first kappa shape index (κ1) is 6.47. The molecule has 0 aromatic heterocycles. The second-order valence-corrected chi connectivity index (χ2v) is 4.81. The number of fused-ring (bicyclic) bond motifs is 2. The third-order valence-electron chi connectivity index (χ3n) is 3.95. The van der Waals surface area contributed by atoms with Gasteiger partial charge >= 0.3 is 0 Å². The van der Waals surface area contributed by atoms with Crippen LogP contribution in [0.15, 0.2) is 0 Å². The summed E-state index contributed by atoms with van der Waals surface area (Å²) in [6.45, 7) is 1.06. The van der Waals surface area contributed by atoms with Crippen molar-refractivity contribution in [1.29, 1.82) is 0 Å². The molecule has 0 aromatic rings. The molecule has 2 saturated carbocycles. The van der Waals surface area contributed by atoms with Crippen molar-refractivity contribution in [3.63, 3.8) is 0 Å². The molecule has 1 atom stereocenters. The molecule has 1 unspecified atom stereocenters. The Kier molecular flexibility index (Phi) is 1.18. The average Bonchev–Trinajstić information content (AvgIpc) is 2.63. The lowest BCUT2D eigenvalue weighted by Crippen LogP contribution is -2.16. The Hall–Kier alpha value is -0.0400. The van der Waals surface area contributed by atoms with Crippen LogP contribution in [0.2, 0.25) is 0 Å². The Labute approximate surface area is 68.1 Å². The van der Waals surface area contributed by atoms with Crippen molar-refractivity contribution in [3.8, 4) is 0 Å². The highest BCUT2D eigenvalue weighted by Crippen LogP contribution is 2.57. The summed E-state index contributed by atoms with van der Waals surface area (Å²) < 4.78 is 5.32. The number of ether oxygens (including phenoxy) is 1. The van der Waals surface area contributed by atoms with Crippen molar-refractivity contribution in [3.05, 3.63) is 0 Å². The Morgan fingerprint density at radius 2 is 2.00 bits per heavy atom. The van der Waals surface area contributed by atoms with Crippen LogP contribution in [0.1, 0.15) is 38.5 Å². The van der Waals surface area contributed by atoms with Gasteiger partial charge in [0.05, 0.1) is 12.7 Å². The fourth-order valence-corrected chi connectivity index (χ4v) is 3.27. The maximum absolute atomic E-state index is 5.32. The van der Waals surface area contributed by atoms with E-state index in [0.29, 0.717) is 6.10 Å². The highest BCUT2D eigenvalue weighted by molar-refractivity contribution is 4.98. The molecule has 3 rings (SSSR count). The average molecular weight is 152 g/mol. The predicted octanol–water partition coefficient (Wildman–Crippen LogP) is 2.36. The summed E-state index contributed by atoms with van der Waals surface area (Å²) in [7, 11) is 0. The third-order valence-corrected chi connectivity index (χ3v) is 3.95. The smallest absolute Gasteiger partial charge is 0.0815 e. The van der Waals surface area contributed by atoms with Crippen molar-refractivity contribution in [2.45, 2.75) is 44.6 Å². The van der Waals surface area contributed by atoms with Crippen LogP contribution >= 0.6 is 0 Å². The number of rotatable bonds is 2. The highest BCUT2D eigenvalue weighted by Gasteiger charge is 2.47. The summed E-state index contributed by atoms with van der Waals surface area (Å²) in [5.41, 5.74) is 0.770. The molecular formula is C10H16O. The van der Waals surface area contributed by atoms with Crippen LogP contribution in [0.25, 0.3) is 0 Å². The van der Waals surface area contributed by atoms with Gasteiger partial charge < -0.3 is 4.74 Å². The molecule has 0 amide bonds. The molecule has 0 spiro atoms. The fraction of sp³-hybridized carbons (Fsp3) is 1.00. The third kappa shape index (κ3) is 1.01. The molecule has 1 nitrogen and oxygen atoms in total. The first-order chi connectivity index (χ1) is 5.36. The van der Waals surface area contributed by atoms with Crippen molar-refractivity contribution in [1.82, 2.24) is 0 Å². The first-order valence-corrected chi connectivity index (χ1v) is 4.98. The van der Waals surface area contributed by atoms with E-state index in [0.717, 1.165) is 17.9 Å². The Bertz CT molecular complexity index is 164. The van der Waals surface area contributed by atoms with Gasteiger partial charge in [-0.3, -0.25) is 0 Å². The zero-order chi connectivity index (χ0) is 7.31. The second kappa shape index (κ2) is 2.01. The lowest BCUT2D eigenvalue weighted by Gasteiger charge is -2.25. The van der Waals surface area contributed by atoms with Gasteiger partial charge in [-0.15, -0.1) is 0 Å². The van der Waals surface area contributed by atoms with E-state index in [1.54, 1.807) is 0 Å². The van der Waals surface area contributed by atoms with Gasteiger partial charge in [-0.1, -0.05) is 0 Å². The molecule has 1 heteroatoms. The molecule has 11 heavy (non-hydrogen) atoms. The van der Waals surface area contributed by atoms with Gasteiger partial charge in [-0.25, -0.2) is 0 Å². The standard InChI is InChI=1S/C10H16O/c1-3-10(6-9-7-11-9)4-2-8(1)5-10/h8-9H,1-7H2. The minimum atomic E-state index is 0.673. The second-order valence-electron chi connectivity index (χ2n) is 4.81. The molecular weight excluding hydrogens is 136 g/mol. The Morgan fingerprint density at radius 1 is 1.27 bits per heavy atom. The van der Waals surface area contributed by atoms with Crippen molar-refractivity contribution < 1.29 is 4.74 Å². The van der Waals surface area contributed by atoms with Crippen molar-refractivity contribution >= 4 is 0 Å². The van der Waals surface area contributed by atoms with E-state index in [4.69, 9.17) is 4.74 Å². The Balaban J connectivity index is 1.72. The van der Waals surface area contributed by atoms with Crippen LogP contribution < -0.4 is 0 Å². The molecule has 62 valence electrons. The minimum Gasteiger partial charge on any atom is -0.373 e. The summed E-state index contributed by atoms with van der Waals surface area (Å²) >= 11 is 0. The lowest BCUT2D eigenvalue weighted by atomic mass is 9.80. The van der Waals surface area contributed by atoms with E-state index in [1.165, 1.54) is 38.5 Å². The Morgan fingerprint density at radius 3 is 2.45 bits per heavy atom. The summed E-state index contributed by atoms with van der Waals surface area (Å²) in [5.74, 6) is 1.11. The summed E-state index contributed by atoms with van der Waals surface area (Å²) in [4.78, 5) is 0. The van der Waals surface area contributed by atoms with Gasteiger partial charge in [0.15, 0.2) is 0 Å². The molecule has 1 saturated heterocycles. The summed E-state index contributed by atoms with van der Waals surface area (Å²) in [5, 5.41) is 0. The van der Waals surface area contributed by atoms with Crippen LogP contribution in [-0.2, 0) is 4.74 Å². The van der Waals surface area contributed by atoms with Gasteiger partial charge in [-0.2, -0.15) is 0 Å². The fourth-order valence-electron chi connectivity index (χ4n) is 3.27. The van der Waals surface area contributed by atoms with Gasteiger partial charge in [0.1, 0.15) is 0 Å². The van der Waals surface area contributed by atoms with Crippen LogP contribution in [-0.4, -0.2) is 12.7 Å². The van der Waals surface area contributed by atoms with E-state index in [2.05, 4.69) is 0 Å². The quantitative estimate of drug-likeness (QED) is 0.553. The van der Waals surface area contributed by atoms with Gasteiger partial charge in [0, 0.05) is 0 Å². The first-order valence-electron chi connectivity index (χ1n) is 4.98. The topological polar surface area (TPSA) is 12.5 Å². The molecule has 3 fully saturated rings. The molecule has 2 bridgehead atoms. The predicted molar refractivity (Wildman–Crippen MR) is 43.4 cm³/mol. The molecule has 0 radical (unpaired) electrons. The zero-order valence-electron chi connectivity index (χ0n) is 7.01. The summed E-state index contributed by atoms with van der Waals surface area (Å²) in [6, 6.07) is 0. The van der Waals surface area contributed by atoms with Crippen LogP contribution in [0.5, 0.6) is 0 Å². The van der Waals surface area contributed by atoms with E-state index in [1.807, 2.05) is 0 Å². The molecule has 2 aliphatic carbocycles.